The summed E-state index contributed by atoms with van der Waals surface area (Å²) in [6.45, 7) is 1.27. The minimum atomic E-state index is -1.48. The van der Waals surface area contributed by atoms with Crippen molar-refractivity contribution in [3.05, 3.63) is 12.2 Å². The maximum atomic E-state index is 9.92. The van der Waals surface area contributed by atoms with Gasteiger partial charge in [-0.3, -0.25) is 0 Å². The first-order chi connectivity index (χ1) is 13.0. The molecule has 0 amide bonds. The van der Waals surface area contributed by atoms with Crippen LogP contribution in [0.3, 0.4) is 0 Å². The second-order valence-electron chi connectivity index (χ2n) is 5.88. The molecule has 7 nitrogen and oxygen atoms in total. The predicted octanol–water partition coefficient (Wildman–Crippen LogP) is -1.08. The lowest BCUT2D eigenvalue weighted by Gasteiger charge is -2.39. The van der Waals surface area contributed by atoms with Gasteiger partial charge in [-0.25, -0.2) is 0 Å². The summed E-state index contributed by atoms with van der Waals surface area (Å²) >= 11 is 0. The second kappa shape index (κ2) is 13.3. The Morgan fingerprint density at radius 3 is 2.48 bits per heavy atom. The molecular formula is C20H26O7. The Labute approximate surface area is 159 Å². The van der Waals surface area contributed by atoms with Gasteiger partial charge in [-0.1, -0.05) is 17.9 Å². The molecule has 0 aromatic carbocycles. The molecule has 6 atom stereocenters. The topological polar surface area (TPSA) is 120 Å². The third-order valence-corrected chi connectivity index (χ3v) is 3.83. The van der Waals surface area contributed by atoms with Gasteiger partial charge in [0.2, 0.25) is 0 Å². The zero-order chi connectivity index (χ0) is 20.1. The molecule has 1 fully saturated rings. The Balaban J connectivity index is 2.25. The van der Waals surface area contributed by atoms with Crippen LogP contribution >= 0.6 is 0 Å². The molecule has 0 aliphatic carbocycles. The minimum Gasteiger partial charge on any atom is -0.394 e. The van der Waals surface area contributed by atoms with Gasteiger partial charge < -0.3 is 35.0 Å². The van der Waals surface area contributed by atoms with Gasteiger partial charge in [-0.15, -0.1) is 0 Å². The van der Waals surface area contributed by atoms with Crippen molar-refractivity contribution in [3.63, 3.8) is 0 Å². The number of rotatable bonds is 8. The van der Waals surface area contributed by atoms with E-state index < -0.39 is 43.4 Å². The van der Waals surface area contributed by atoms with Crippen molar-refractivity contribution in [3.8, 4) is 35.5 Å². The molecule has 0 radical (unpaired) electrons. The molecule has 1 unspecified atom stereocenters. The Hall–Kier alpha value is -1.86. The van der Waals surface area contributed by atoms with Gasteiger partial charge in [0, 0.05) is 0 Å². The van der Waals surface area contributed by atoms with Gasteiger partial charge in [0.1, 0.15) is 24.4 Å². The predicted molar refractivity (Wildman–Crippen MR) is 97.7 cm³/mol. The van der Waals surface area contributed by atoms with E-state index in [1.165, 1.54) is 0 Å². The van der Waals surface area contributed by atoms with Crippen LogP contribution in [0.15, 0.2) is 12.2 Å². The van der Waals surface area contributed by atoms with E-state index in [0.29, 0.717) is 19.3 Å². The highest BCUT2D eigenvalue weighted by Crippen LogP contribution is 2.22. The van der Waals surface area contributed by atoms with Gasteiger partial charge in [0.25, 0.3) is 0 Å². The first-order valence-corrected chi connectivity index (χ1v) is 8.68. The van der Waals surface area contributed by atoms with Crippen LogP contribution in [0.5, 0.6) is 0 Å². The van der Waals surface area contributed by atoms with Crippen molar-refractivity contribution in [1.29, 1.82) is 0 Å². The fourth-order valence-electron chi connectivity index (χ4n) is 2.30. The van der Waals surface area contributed by atoms with Crippen LogP contribution < -0.4 is 0 Å². The van der Waals surface area contributed by atoms with E-state index in [0.717, 1.165) is 0 Å². The van der Waals surface area contributed by atoms with Crippen LogP contribution in [-0.2, 0) is 9.47 Å². The molecule has 0 spiro atoms. The number of hydrogen-bond donors (Lipinski definition) is 5. The zero-order valence-corrected chi connectivity index (χ0v) is 15.2. The Kier molecular flexibility index (Phi) is 11.4. The molecule has 148 valence electrons. The number of aliphatic hydroxyl groups is 5. The molecule has 1 aliphatic heterocycles. The summed E-state index contributed by atoms with van der Waals surface area (Å²) in [4.78, 5) is 0. The van der Waals surface area contributed by atoms with E-state index >= 15 is 0 Å². The SMILES string of the molecule is CC#CC#CC#C/C=C/CCC(O)CCO[C@@H]1O[C@H](CO)[C@@H](O)[C@H](O)[C@H]1O. The van der Waals surface area contributed by atoms with Crippen molar-refractivity contribution in [1.82, 2.24) is 0 Å². The number of allylic oxidation sites excluding steroid dienone is 2. The molecule has 0 aromatic rings. The van der Waals surface area contributed by atoms with Crippen LogP contribution in [0.25, 0.3) is 0 Å². The quantitative estimate of drug-likeness (QED) is 0.341. The summed E-state index contributed by atoms with van der Waals surface area (Å²) in [6.07, 6.45) is -2.24. The summed E-state index contributed by atoms with van der Waals surface area (Å²) in [5.41, 5.74) is 0. The number of aliphatic hydroxyl groups excluding tert-OH is 5. The number of ether oxygens (including phenoxy) is 2. The van der Waals surface area contributed by atoms with Crippen LogP contribution in [0.2, 0.25) is 0 Å². The average molecular weight is 378 g/mol. The molecule has 0 aromatic heterocycles. The Morgan fingerprint density at radius 2 is 1.78 bits per heavy atom. The lowest BCUT2D eigenvalue weighted by Crippen LogP contribution is -2.59. The van der Waals surface area contributed by atoms with Crippen molar-refractivity contribution in [2.75, 3.05) is 13.2 Å². The van der Waals surface area contributed by atoms with Crippen molar-refractivity contribution in [2.45, 2.75) is 63.0 Å². The molecular weight excluding hydrogens is 352 g/mol. The zero-order valence-electron chi connectivity index (χ0n) is 15.2. The van der Waals surface area contributed by atoms with Crippen LogP contribution in [0.1, 0.15) is 26.2 Å². The van der Waals surface area contributed by atoms with Gasteiger partial charge in [-0.2, -0.15) is 0 Å². The Bertz CT molecular complexity index is 638. The van der Waals surface area contributed by atoms with E-state index in [-0.39, 0.29) is 6.61 Å². The molecule has 0 saturated carbocycles. The molecule has 1 rings (SSSR count). The Morgan fingerprint density at radius 1 is 1.04 bits per heavy atom. The minimum absolute atomic E-state index is 0.0848. The smallest absolute Gasteiger partial charge is 0.186 e. The van der Waals surface area contributed by atoms with Crippen LogP contribution in [0, 0.1) is 35.5 Å². The summed E-state index contributed by atoms with van der Waals surface area (Å²) in [7, 11) is 0. The van der Waals surface area contributed by atoms with E-state index in [9.17, 15) is 20.4 Å². The summed E-state index contributed by atoms with van der Waals surface area (Å²) < 4.78 is 10.5. The molecule has 1 heterocycles. The average Bonchev–Trinajstić information content (AvgIpc) is 2.66. The van der Waals surface area contributed by atoms with Crippen molar-refractivity contribution >= 4 is 0 Å². The van der Waals surface area contributed by atoms with Crippen LogP contribution in [-0.4, -0.2) is 75.6 Å². The lowest BCUT2D eigenvalue weighted by atomic mass is 9.99. The lowest BCUT2D eigenvalue weighted by molar-refractivity contribution is -0.301. The van der Waals surface area contributed by atoms with E-state index in [4.69, 9.17) is 14.6 Å². The fourth-order valence-corrected chi connectivity index (χ4v) is 2.30. The van der Waals surface area contributed by atoms with E-state index in [2.05, 4.69) is 35.5 Å². The molecule has 1 saturated heterocycles. The summed E-state index contributed by atoms with van der Waals surface area (Å²) in [5, 5.41) is 48.2. The fraction of sp³-hybridized carbons (Fsp3) is 0.600. The van der Waals surface area contributed by atoms with Gasteiger partial charge in [-0.05, 0) is 55.9 Å². The standard InChI is InChI=1S/C20H26O7/c1-2-3-4-5-6-7-8-9-10-11-15(22)12-13-26-20-19(25)18(24)17(23)16(14-21)27-20/h8-9,15-25H,10-14H2,1H3/b9-8+/t15?,16-,17-,18+,19-,20-/m1/s1. The largest absolute Gasteiger partial charge is 0.394 e. The molecule has 0 bridgehead atoms. The maximum absolute atomic E-state index is 9.92. The van der Waals surface area contributed by atoms with Crippen LogP contribution in [0.4, 0.5) is 0 Å². The molecule has 1 aliphatic rings. The van der Waals surface area contributed by atoms with E-state index in [1.54, 1.807) is 13.0 Å². The normalized spacial score (nSPS) is 28.3. The highest BCUT2D eigenvalue weighted by atomic mass is 16.7. The highest BCUT2D eigenvalue weighted by Gasteiger charge is 2.43. The summed E-state index contributed by atoms with van der Waals surface area (Å²) in [5.74, 6) is 15.7. The first-order valence-electron chi connectivity index (χ1n) is 8.68. The number of hydrogen-bond acceptors (Lipinski definition) is 7. The van der Waals surface area contributed by atoms with Crippen molar-refractivity contribution in [2.24, 2.45) is 0 Å². The third-order valence-electron chi connectivity index (χ3n) is 3.83. The second-order valence-corrected chi connectivity index (χ2v) is 5.88. The first kappa shape index (κ1) is 23.2. The molecule has 7 heteroatoms. The van der Waals surface area contributed by atoms with E-state index in [1.807, 2.05) is 6.08 Å². The van der Waals surface area contributed by atoms with Crippen molar-refractivity contribution < 1.29 is 35.0 Å². The third kappa shape index (κ3) is 8.58. The van der Waals surface area contributed by atoms with Gasteiger partial charge in [0.15, 0.2) is 6.29 Å². The molecule has 5 N–H and O–H groups in total. The molecule has 27 heavy (non-hydrogen) atoms. The highest BCUT2D eigenvalue weighted by molar-refractivity contribution is 5.37. The summed E-state index contributed by atoms with van der Waals surface area (Å²) in [6, 6.07) is 0. The monoisotopic (exact) mass is 378 g/mol. The van der Waals surface area contributed by atoms with Gasteiger partial charge in [0.05, 0.1) is 19.3 Å². The maximum Gasteiger partial charge on any atom is 0.186 e. The van der Waals surface area contributed by atoms with Gasteiger partial charge >= 0.3 is 0 Å².